The maximum atomic E-state index is 12.7. The fourth-order valence-electron chi connectivity index (χ4n) is 4.02. The number of aliphatic imine (C=N–C) groups is 1. The predicted molar refractivity (Wildman–Crippen MR) is 146 cm³/mol. The number of rotatable bonds is 10. The molecule has 38 heavy (non-hydrogen) atoms. The molecule has 0 aliphatic carbocycles. The van der Waals surface area contributed by atoms with Gasteiger partial charge in [0, 0.05) is 30.5 Å². The van der Waals surface area contributed by atoms with Crippen molar-refractivity contribution in [3.63, 3.8) is 0 Å². The highest BCUT2D eigenvalue weighted by Gasteiger charge is 2.23. The summed E-state index contributed by atoms with van der Waals surface area (Å²) in [7, 11) is 3.04. The maximum Gasteiger partial charge on any atom is 0.321 e. The van der Waals surface area contributed by atoms with E-state index in [1.54, 1.807) is 30.3 Å². The monoisotopic (exact) mass is 541 g/mol. The van der Waals surface area contributed by atoms with Gasteiger partial charge in [0.15, 0.2) is 0 Å². The molecule has 2 aliphatic heterocycles. The molecule has 2 aliphatic rings. The molecule has 1 aromatic carbocycles. The Morgan fingerprint density at radius 2 is 2.11 bits per heavy atom. The van der Waals surface area contributed by atoms with Gasteiger partial charge in [0.2, 0.25) is 5.88 Å². The van der Waals surface area contributed by atoms with E-state index in [4.69, 9.17) is 14.2 Å². The minimum atomic E-state index is -0.423. The van der Waals surface area contributed by atoms with Crippen molar-refractivity contribution in [2.24, 2.45) is 4.99 Å². The van der Waals surface area contributed by atoms with E-state index in [-0.39, 0.29) is 23.8 Å². The molecule has 0 radical (unpaired) electrons. The quantitative estimate of drug-likeness (QED) is 0.306. The average molecular weight is 542 g/mol. The lowest BCUT2D eigenvalue weighted by atomic mass is 10.1. The van der Waals surface area contributed by atoms with Gasteiger partial charge in [-0.15, -0.1) is 11.8 Å². The molecule has 3 heterocycles. The Bertz CT molecular complexity index is 1180. The first-order valence-electron chi connectivity index (χ1n) is 12.1. The van der Waals surface area contributed by atoms with E-state index >= 15 is 0 Å². The number of para-hydroxylation sites is 1. The van der Waals surface area contributed by atoms with Crippen molar-refractivity contribution in [3.05, 3.63) is 46.5 Å². The van der Waals surface area contributed by atoms with E-state index in [1.807, 2.05) is 0 Å². The van der Waals surface area contributed by atoms with E-state index in [9.17, 15) is 9.59 Å². The van der Waals surface area contributed by atoms with E-state index in [0.29, 0.717) is 55.7 Å². The summed E-state index contributed by atoms with van der Waals surface area (Å²) >= 11 is 1.45. The van der Waals surface area contributed by atoms with Gasteiger partial charge in [-0.25, -0.2) is 4.79 Å². The smallest absolute Gasteiger partial charge is 0.321 e. The van der Waals surface area contributed by atoms with Crippen LogP contribution in [0.15, 0.2) is 45.9 Å². The Morgan fingerprint density at radius 3 is 2.84 bits per heavy atom. The number of carbonyl (C=O) groups is 2. The van der Waals surface area contributed by atoms with Crippen LogP contribution in [-0.4, -0.2) is 81.1 Å². The standard InChI is InChI=1S/C25H31N7O5S/c1-26-19-8-10-32(21-12-22(35-2)31-25(30-21)36-3)13-20(19)38-15-27-24(34)29-18-7-5-4-6-17(18)23(33)28-16-9-11-37-14-16/h4-7,12,16H,1,8-11,13-15H2,2-3H3,(H,28,33)(H2,27,29,34). The molecule has 3 N–H and O–H groups in total. The largest absolute Gasteiger partial charge is 0.481 e. The van der Waals surface area contributed by atoms with Crippen LogP contribution in [0.2, 0.25) is 0 Å². The van der Waals surface area contributed by atoms with Gasteiger partial charge in [-0.05, 0) is 25.3 Å². The highest BCUT2D eigenvalue weighted by atomic mass is 32.2. The summed E-state index contributed by atoms with van der Waals surface area (Å²) in [5, 5.41) is 8.56. The van der Waals surface area contributed by atoms with Crippen LogP contribution >= 0.6 is 11.8 Å². The Morgan fingerprint density at radius 1 is 1.26 bits per heavy atom. The number of nitrogens with one attached hydrogen (secondary N) is 3. The summed E-state index contributed by atoms with van der Waals surface area (Å²) < 4.78 is 15.8. The molecule has 0 saturated carbocycles. The van der Waals surface area contributed by atoms with Crippen molar-refractivity contribution in [1.82, 2.24) is 20.6 Å². The Hall–Kier alpha value is -3.84. The van der Waals surface area contributed by atoms with Crippen LogP contribution in [0.1, 0.15) is 23.2 Å². The number of nitrogens with zero attached hydrogens (tertiary/aromatic N) is 4. The summed E-state index contributed by atoms with van der Waals surface area (Å²) in [6, 6.07) is 8.40. The third-order valence-electron chi connectivity index (χ3n) is 6.01. The van der Waals surface area contributed by atoms with Crippen LogP contribution in [0.4, 0.5) is 16.3 Å². The summed E-state index contributed by atoms with van der Waals surface area (Å²) in [5.41, 5.74) is 1.69. The first-order chi connectivity index (χ1) is 18.5. The molecular weight excluding hydrogens is 510 g/mol. The van der Waals surface area contributed by atoms with Gasteiger partial charge in [0.05, 0.1) is 56.2 Å². The zero-order valence-electron chi connectivity index (χ0n) is 21.4. The number of amides is 3. The second kappa shape index (κ2) is 13.1. The summed E-state index contributed by atoms with van der Waals surface area (Å²) in [6.45, 7) is 6.03. The average Bonchev–Trinajstić information content (AvgIpc) is 3.46. The summed E-state index contributed by atoms with van der Waals surface area (Å²) in [6.07, 6.45) is 1.44. The zero-order chi connectivity index (χ0) is 26.9. The molecule has 13 heteroatoms. The second-order valence-electron chi connectivity index (χ2n) is 8.45. The van der Waals surface area contributed by atoms with E-state index < -0.39 is 6.03 Å². The van der Waals surface area contributed by atoms with Crippen molar-refractivity contribution >= 4 is 41.9 Å². The zero-order valence-corrected chi connectivity index (χ0v) is 22.2. The van der Waals surface area contributed by atoms with Crippen molar-refractivity contribution in [2.75, 3.05) is 56.6 Å². The highest BCUT2D eigenvalue weighted by molar-refractivity contribution is 8.03. The van der Waals surface area contributed by atoms with Crippen LogP contribution in [0.5, 0.6) is 11.9 Å². The van der Waals surface area contributed by atoms with Crippen LogP contribution in [0.3, 0.4) is 0 Å². The number of carbonyl (C=O) groups excluding carboxylic acids is 2. The molecule has 202 valence electrons. The summed E-state index contributed by atoms with van der Waals surface area (Å²) in [4.78, 5) is 41.2. The highest BCUT2D eigenvalue weighted by Crippen LogP contribution is 2.31. The van der Waals surface area contributed by atoms with Gasteiger partial charge in [-0.3, -0.25) is 9.79 Å². The van der Waals surface area contributed by atoms with Crippen molar-refractivity contribution in [3.8, 4) is 11.9 Å². The van der Waals surface area contributed by atoms with Crippen LogP contribution in [0.25, 0.3) is 0 Å². The Balaban J connectivity index is 1.34. The molecule has 1 saturated heterocycles. The van der Waals surface area contributed by atoms with Crippen LogP contribution in [0, 0.1) is 0 Å². The van der Waals surface area contributed by atoms with Crippen molar-refractivity contribution in [2.45, 2.75) is 18.9 Å². The lowest BCUT2D eigenvalue weighted by molar-refractivity contribution is 0.0931. The Labute approximate surface area is 225 Å². The molecule has 1 fully saturated rings. The van der Waals surface area contributed by atoms with Gasteiger partial charge < -0.3 is 35.1 Å². The lowest BCUT2D eigenvalue weighted by Gasteiger charge is -2.30. The molecular formula is C25H31N7O5S. The number of anilines is 2. The van der Waals surface area contributed by atoms with Gasteiger partial charge >= 0.3 is 12.0 Å². The molecule has 0 spiro atoms. The maximum absolute atomic E-state index is 12.7. The molecule has 4 rings (SSSR count). The van der Waals surface area contributed by atoms with Gasteiger partial charge in [0.25, 0.3) is 5.91 Å². The first kappa shape index (κ1) is 27.2. The van der Waals surface area contributed by atoms with Gasteiger partial charge in [-0.1, -0.05) is 12.1 Å². The normalized spacial score (nSPS) is 17.1. The summed E-state index contributed by atoms with van der Waals surface area (Å²) in [5.74, 6) is 1.11. The van der Waals surface area contributed by atoms with E-state index in [0.717, 1.165) is 17.0 Å². The third-order valence-corrected chi connectivity index (χ3v) is 7.02. The molecule has 0 bridgehead atoms. The fourth-order valence-corrected chi connectivity index (χ4v) is 4.98. The second-order valence-corrected chi connectivity index (χ2v) is 9.52. The number of thioether (sulfide) groups is 1. The third kappa shape index (κ3) is 6.92. The molecule has 12 nitrogen and oxygen atoms in total. The molecule has 1 atom stereocenters. The number of methoxy groups -OCH3 is 2. The van der Waals surface area contributed by atoms with Gasteiger partial charge in [0.1, 0.15) is 5.82 Å². The fraction of sp³-hybridized carbons (Fsp3) is 0.400. The molecule has 3 amide bonds. The SMILES string of the molecule is C=NC1=C(SCNC(=O)Nc2ccccc2C(=O)NC2CCOC2)CN(c2cc(OC)nc(OC)n2)CC1. The minimum Gasteiger partial charge on any atom is -0.481 e. The number of urea groups is 1. The van der Waals surface area contributed by atoms with Crippen molar-refractivity contribution in [1.29, 1.82) is 0 Å². The topological polar surface area (TPSA) is 139 Å². The van der Waals surface area contributed by atoms with Crippen molar-refractivity contribution < 1.29 is 23.8 Å². The lowest BCUT2D eigenvalue weighted by Crippen LogP contribution is -2.36. The van der Waals surface area contributed by atoms with Crippen LogP contribution in [-0.2, 0) is 4.74 Å². The molecule has 2 aromatic rings. The number of hydrogen-bond acceptors (Lipinski definition) is 10. The molecule has 1 unspecified atom stereocenters. The van der Waals surface area contributed by atoms with Gasteiger partial charge in [-0.2, -0.15) is 9.97 Å². The number of benzene rings is 1. The predicted octanol–water partition coefficient (Wildman–Crippen LogP) is 2.65. The minimum absolute atomic E-state index is 0.0266. The van der Waals surface area contributed by atoms with E-state index in [2.05, 4.69) is 42.5 Å². The molecule has 1 aromatic heterocycles. The van der Waals surface area contributed by atoms with Crippen LogP contribution < -0.4 is 30.3 Å². The number of aromatic nitrogens is 2. The van der Waals surface area contributed by atoms with E-state index in [1.165, 1.54) is 26.0 Å². The Kier molecular flexibility index (Phi) is 9.38. The first-order valence-corrected chi connectivity index (χ1v) is 13.0. The number of hydrogen-bond donors (Lipinski definition) is 3. The number of ether oxygens (including phenoxy) is 3.